The molecule has 0 radical (unpaired) electrons. The first-order chi connectivity index (χ1) is 8.83. The molecule has 1 atom stereocenters. The third kappa shape index (κ3) is 3.41. The van der Waals surface area contributed by atoms with Crippen molar-refractivity contribution in [2.45, 2.75) is 24.7 Å². The lowest BCUT2D eigenvalue weighted by Crippen LogP contribution is -2.08. The fourth-order valence-corrected chi connectivity index (χ4v) is 3.13. The monoisotopic (exact) mass is 263 g/mol. The molecule has 3 nitrogen and oxygen atoms in total. The van der Waals surface area contributed by atoms with E-state index in [1.807, 2.05) is 23.9 Å². The maximum atomic E-state index is 8.91. The molecule has 2 rings (SSSR count). The molecule has 0 N–H and O–H groups in total. The van der Waals surface area contributed by atoms with Crippen LogP contribution in [0.15, 0.2) is 18.2 Å². The zero-order valence-corrected chi connectivity index (χ0v) is 11.3. The average molecular weight is 263 g/mol. The van der Waals surface area contributed by atoms with E-state index >= 15 is 0 Å². The first kappa shape index (κ1) is 13.3. The van der Waals surface area contributed by atoms with E-state index < -0.39 is 0 Å². The summed E-state index contributed by atoms with van der Waals surface area (Å²) in [6.45, 7) is 0.901. The van der Waals surface area contributed by atoms with Crippen LogP contribution < -0.4 is 4.74 Å². The summed E-state index contributed by atoms with van der Waals surface area (Å²) in [7, 11) is 1.66. The van der Waals surface area contributed by atoms with Gasteiger partial charge < -0.3 is 9.47 Å². The minimum Gasteiger partial charge on any atom is -0.496 e. The summed E-state index contributed by atoms with van der Waals surface area (Å²) in [6.07, 6.45) is 2.75. The minimum atomic E-state index is 0.403. The highest BCUT2D eigenvalue weighted by atomic mass is 32.2. The molecular formula is C14H17NO2S. The predicted molar refractivity (Wildman–Crippen MR) is 72.8 cm³/mol. The summed E-state index contributed by atoms with van der Waals surface area (Å²) in [5.41, 5.74) is 1.77. The third-order valence-electron chi connectivity index (χ3n) is 2.99. The van der Waals surface area contributed by atoms with Crippen molar-refractivity contribution in [3.05, 3.63) is 29.3 Å². The molecule has 1 unspecified atom stereocenters. The van der Waals surface area contributed by atoms with Crippen LogP contribution in [0.5, 0.6) is 5.75 Å². The van der Waals surface area contributed by atoms with Gasteiger partial charge in [0.1, 0.15) is 5.75 Å². The van der Waals surface area contributed by atoms with Crippen LogP contribution in [0.4, 0.5) is 0 Å². The third-order valence-corrected chi connectivity index (χ3v) is 4.12. The first-order valence-electron chi connectivity index (χ1n) is 6.10. The van der Waals surface area contributed by atoms with Gasteiger partial charge >= 0.3 is 0 Å². The van der Waals surface area contributed by atoms with Crippen LogP contribution in [0.2, 0.25) is 0 Å². The first-order valence-corrected chi connectivity index (χ1v) is 7.25. The number of rotatable bonds is 5. The lowest BCUT2D eigenvalue weighted by atomic mass is 10.1. The Balaban J connectivity index is 1.92. The van der Waals surface area contributed by atoms with E-state index in [1.54, 1.807) is 13.2 Å². The van der Waals surface area contributed by atoms with Gasteiger partial charge in [-0.2, -0.15) is 17.0 Å². The van der Waals surface area contributed by atoms with Gasteiger partial charge in [-0.3, -0.25) is 0 Å². The van der Waals surface area contributed by atoms with E-state index in [1.165, 1.54) is 12.8 Å². The molecule has 0 spiro atoms. The van der Waals surface area contributed by atoms with Crippen molar-refractivity contribution in [1.82, 2.24) is 0 Å². The number of methoxy groups -OCH3 is 1. The van der Waals surface area contributed by atoms with Gasteiger partial charge in [0.2, 0.25) is 0 Å². The quantitative estimate of drug-likeness (QED) is 0.819. The van der Waals surface area contributed by atoms with E-state index in [2.05, 4.69) is 6.07 Å². The highest BCUT2D eigenvalue weighted by Crippen LogP contribution is 2.26. The second-order valence-electron chi connectivity index (χ2n) is 4.29. The van der Waals surface area contributed by atoms with Crippen molar-refractivity contribution in [2.24, 2.45) is 0 Å². The Morgan fingerprint density at radius 2 is 2.44 bits per heavy atom. The highest BCUT2D eigenvalue weighted by Gasteiger charge is 2.15. The molecule has 1 aliphatic heterocycles. The fourth-order valence-electron chi connectivity index (χ4n) is 2.04. The van der Waals surface area contributed by atoms with Crippen molar-refractivity contribution in [3.63, 3.8) is 0 Å². The zero-order valence-electron chi connectivity index (χ0n) is 10.5. The Morgan fingerprint density at radius 1 is 1.56 bits per heavy atom. The van der Waals surface area contributed by atoms with Crippen molar-refractivity contribution < 1.29 is 9.47 Å². The molecule has 0 aliphatic carbocycles. The Labute approximate surface area is 112 Å². The Bertz CT molecular complexity index is 436. The van der Waals surface area contributed by atoms with Crippen LogP contribution in [-0.2, 0) is 10.5 Å². The van der Waals surface area contributed by atoms with E-state index in [4.69, 9.17) is 14.7 Å². The number of hydrogen-bond acceptors (Lipinski definition) is 4. The Hall–Kier alpha value is -1.18. The summed E-state index contributed by atoms with van der Waals surface area (Å²) < 4.78 is 10.9. The molecule has 1 fully saturated rings. The molecule has 18 heavy (non-hydrogen) atoms. The number of benzene rings is 1. The number of hydrogen-bond donors (Lipinski definition) is 0. The lowest BCUT2D eigenvalue weighted by Gasteiger charge is -2.11. The number of nitrogens with zero attached hydrogens (tertiary/aromatic N) is 1. The fraction of sp³-hybridized carbons (Fsp3) is 0.500. The molecular weight excluding hydrogens is 246 g/mol. The molecule has 1 saturated heterocycles. The minimum absolute atomic E-state index is 0.403. The molecule has 1 aromatic carbocycles. The number of nitriles is 1. The maximum Gasteiger partial charge on any atom is 0.122 e. The molecule has 0 aromatic heterocycles. The van der Waals surface area contributed by atoms with Crippen molar-refractivity contribution >= 4 is 11.8 Å². The molecule has 1 aliphatic rings. The number of thioether (sulfide) groups is 1. The summed E-state index contributed by atoms with van der Waals surface area (Å²) in [5.74, 6) is 2.73. The summed E-state index contributed by atoms with van der Waals surface area (Å²) >= 11 is 1.84. The summed E-state index contributed by atoms with van der Waals surface area (Å²) in [4.78, 5) is 0. The predicted octanol–water partition coefficient (Wildman–Crippen LogP) is 2.98. The average Bonchev–Trinajstić information content (AvgIpc) is 2.92. The molecule has 96 valence electrons. The standard InChI is InChI=1S/C14H17NO2S/c1-16-14-5-4-11(8-15)7-12(14)9-18-10-13-3-2-6-17-13/h4-5,7,13H,2-3,6,9-10H2,1H3. The van der Waals surface area contributed by atoms with Crippen molar-refractivity contribution in [3.8, 4) is 11.8 Å². The molecule has 0 bridgehead atoms. The van der Waals surface area contributed by atoms with Crippen LogP contribution >= 0.6 is 11.8 Å². The van der Waals surface area contributed by atoms with Gasteiger partial charge in [-0.25, -0.2) is 0 Å². The van der Waals surface area contributed by atoms with E-state index in [0.29, 0.717) is 11.7 Å². The van der Waals surface area contributed by atoms with Crippen LogP contribution in [0.25, 0.3) is 0 Å². The molecule has 1 aromatic rings. The second-order valence-corrected chi connectivity index (χ2v) is 5.32. The van der Waals surface area contributed by atoms with Gasteiger partial charge in [0, 0.05) is 23.7 Å². The van der Waals surface area contributed by atoms with Crippen LogP contribution in [0, 0.1) is 11.3 Å². The summed E-state index contributed by atoms with van der Waals surface area (Å²) in [6, 6.07) is 7.71. The normalized spacial score (nSPS) is 18.6. The highest BCUT2D eigenvalue weighted by molar-refractivity contribution is 7.98. The van der Waals surface area contributed by atoms with Crippen molar-refractivity contribution in [2.75, 3.05) is 19.5 Å². The van der Waals surface area contributed by atoms with Gasteiger partial charge in [0.05, 0.1) is 24.8 Å². The summed E-state index contributed by atoms with van der Waals surface area (Å²) in [5, 5.41) is 8.91. The molecule has 0 amide bonds. The lowest BCUT2D eigenvalue weighted by molar-refractivity contribution is 0.129. The molecule has 0 saturated carbocycles. The van der Waals surface area contributed by atoms with Gasteiger partial charge in [-0.1, -0.05) is 0 Å². The van der Waals surface area contributed by atoms with Crippen LogP contribution in [0.3, 0.4) is 0 Å². The second kappa shape index (κ2) is 6.67. The van der Waals surface area contributed by atoms with Gasteiger partial charge in [-0.05, 0) is 31.0 Å². The van der Waals surface area contributed by atoms with E-state index in [0.717, 1.165) is 29.4 Å². The van der Waals surface area contributed by atoms with Crippen LogP contribution in [0.1, 0.15) is 24.0 Å². The smallest absolute Gasteiger partial charge is 0.122 e. The van der Waals surface area contributed by atoms with Gasteiger partial charge in [0.15, 0.2) is 0 Å². The van der Waals surface area contributed by atoms with E-state index in [-0.39, 0.29) is 0 Å². The van der Waals surface area contributed by atoms with E-state index in [9.17, 15) is 0 Å². The topological polar surface area (TPSA) is 42.2 Å². The largest absolute Gasteiger partial charge is 0.496 e. The van der Waals surface area contributed by atoms with Gasteiger partial charge in [-0.15, -0.1) is 0 Å². The van der Waals surface area contributed by atoms with Gasteiger partial charge in [0.25, 0.3) is 0 Å². The Morgan fingerprint density at radius 3 is 3.11 bits per heavy atom. The van der Waals surface area contributed by atoms with Crippen molar-refractivity contribution in [1.29, 1.82) is 5.26 Å². The molecule has 1 heterocycles. The zero-order chi connectivity index (χ0) is 12.8. The maximum absolute atomic E-state index is 8.91. The SMILES string of the molecule is COc1ccc(C#N)cc1CSCC1CCCO1. The van der Waals surface area contributed by atoms with Crippen LogP contribution in [-0.4, -0.2) is 25.6 Å². The molecule has 4 heteroatoms. The number of ether oxygens (including phenoxy) is 2. The Kier molecular flexibility index (Phi) is 4.91.